The fraction of sp³-hybridized carbons (Fsp3) is 0.0833. The first-order valence-electron chi connectivity index (χ1n) is 9.80. The third kappa shape index (κ3) is 3.77. The smallest absolute Gasteiger partial charge is 0.274 e. The predicted molar refractivity (Wildman–Crippen MR) is 134 cm³/mol. The van der Waals surface area contributed by atoms with Crippen LogP contribution >= 0.6 is 35.1 Å². The predicted octanol–water partition coefficient (Wildman–Crippen LogP) is 6.53. The van der Waals surface area contributed by atoms with Gasteiger partial charge in [-0.2, -0.15) is 0 Å². The maximum atomic E-state index is 13.6. The number of nitrogens with zero attached hydrogens (tertiary/aromatic N) is 3. The number of anilines is 2. The first-order valence-corrected chi connectivity index (χ1v) is 11.8. The van der Waals surface area contributed by atoms with Crippen molar-refractivity contribution in [2.45, 2.75) is 4.90 Å². The fourth-order valence-corrected chi connectivity index (χ4v) is 5.91. The van der Waals surface area contributed by atoms with Crippen LogP contribution in [-0.2, 0) is 4.79 Å². The van der Waals surface area contributed by atoms with E-state index in [9.17, 15) is 4.79 Å². The second kappa shape index (κ2) is 8.58. The van der Waals surface area contributed by atoms with Gasteiger partial charge in [0.2, 0.25) is 0 Å². The van der Waals surface area contributed by atoms with E-state index in [0.29, 0.717) is 15.1 Å². The number of ether oxygens (including phenoxy) is 1. The van der Waals surface area contributed by atoms with Gasteiger partial charge in [0.05, 0.1) is 29.2 Å². The second-order valence-electron chi connectivity index (χ2n) is 7.08. The Morgan fingerprint density at radius 1 is 0.969 bits per heavy atom. The summed E-state index contributed by atoms with van der Waals surface area (Å²) in [6, 6.07) is 22.8. The van der Waals surface area contributed by atoms with Gasteiger partial charge < -0.3 is 9.64 Å². The lowest BCUT2D eigenvalue weighted by Gasteiger charge is -2.17. The molecule has 0 N–H and O–H groups in total. The van der Waals surface area contributed by atoms with E-state index in [1.165, 1.54) is 11.8 Å². The first kappa shape index (κ1) is 21.0. The van der Waals surface area contributed by atoms with Crippen molar-refractivity contribution in [1.29, 1.82) is 0 Å². The molecule has 0 spiro atoms. The van der Waals surface area contributed by atoms with Crippen LogP contribution < -0.4 is 14.5 Å². The minimum absolute atomic E-state index is 0.0944. The van der Waals surface area contributed by atoms with Crippen LogP contribution in [0.4, 0.5) is 17.1 Å². The molecule has 0 unspecified atom stereocenters. The molecule has 1 fully saturated rings. The molecule has 3 aromatic carbocycles. The zero-order valence-corrected chi connectivity index (χ0v) is 19.7. The number of amidine groups is 1. The van der Waals surface area contributed by atoms with Gasteiger partial charge in [-0.1, -0.05) is 41.6 Å². The number of benzene rings is 3. The molecule has 32 heavy (non-hydrogen) atoms. The highest BCUT2D eigenvalue weighted by Crippen LogP contribution is 2.51. The van der Waals surface area contributed by atoms with Crippen molar-refractivity contribution in [3.05, 3.63) is 87.8 Å². The topological polar surface area (TPSA) is 45.1 Å². The Labute approximate surface area is 199 Å². The Morgan fingerprint density at radius 2 is 1.72 bits per heavy atom. The number of halogens is 1. The molecule has 2 aliphatic rings. The average molecular weight is 480 g/mol. The van der Waals surface area contributed by atoms with Crippen LogP contribution in [0.1, 0.15) is 0 Å². The molecule has 2 aliphatic heterocycles. The Bertz CT molecular complexity index is 1260. The van der Waals surface area contributed by atoms with Crippen LogP contribution in [0, 0.1) is 0 Å². The van der Waals surface area contributed by atoms with Crippen molar-refractivity contribution in [2.75, 3.05) is 24.0 Å². The number of rotatable bonds is 3. The highest BCUT2D eigenvalue weighted by Gasteiger charge is 2.40. The molecule has 8 heteroatoms. The molecule has 3 aromatic rings. The van der Waals surface area contributed by atoms with E-state index in [1.807, 2.05) is 72.6 Å². The quantitative estimate of drug-likeness (QED) is 0.400. The summed E-state index contributed by atoms with van der Waals surface area (Å²) in [6.07, 6.45) is 0. The zero-order valence-electron chi connectivity index (χ0n) is 17.3. The summed E-state index contributed by atoms with van der Waals surface area (Å²) >= 11 is 8.99. The van der Waals surface area contributed by atoms with Gasteiger partial charge >= 0.3 is 0 Å². The standard InChI is InChI=1S/C24H18ClN3O2S2/c1-27-19-14-18(30-2)12-13-20(19)31-23(27)21-22(29)28(17-6-4-3-5-7-17)24(32-21)26-16-10-8-15(25)9-11-16/h3-14H,1-2H3. The summed E-state index contributed by atoms with van der Waals surface area (Å²) in [6.45, 7) is 0. The number of methoxy groups -OCH3 is 1. The molecule has 0 bridgehead atoms. The summed E-state index contributed by atoms with van der Waals surface area (Å²) in [5.74, 6) is 0.687. The number of hydrogen-bond acceptors (Lipinski definition) is 6. The van der Waals surface area contributed by atoms with Gasteiger partial charge in [0.15, 0.2) is 5.17 Å². The molecule has 0 aliphatic carbocycles. The summed E-state index contributed by atoms with van der Waals surface area (Å²) < 4.78 is 5.38. The number of carbonyl (C=O) groups excluding carboxylic acids is 1. The van der Waals surface area contributed by atoms with Gasteiger partial charge in [-0.15, -0.1) is 0 Å². The van der Waals surface area contributed by atoms with E-state index in [2.05, 4.69) is 0 Å². The largest absolute Gasteiger partial charge is 0.497 e. The lowest BCUT2D eigenvalue weighted by Crippen LogP contribution is -2.29. The van der Waals surface area contributed by atoms with Gasteiger partial charge in [0, 0.05) is 23.0 Å². The van der Waals surface area contributed by atoms with Crippen molar-refractivity contribution in [1.82, 2.24) is 0 Å². The number of para-hydroxylation sites is 1. The SMILES string of the molecule is COc1ccc2c(c1)N(C)C(=C1SC(=Nc3ccc(Cl)cc3)N(c3ccccc3)C1=O)S2. The Hall–Kier alpha value is -2.87. The normalized spacial score (nSPS) is 19.1. The lowest BCUT2D eigenvalue weighted by molar-refractivity contribution is -0.113. The van der Waals surface area contributed by atoms with Crippen LogP contribution in [0.25, 0.3) is 0 Å². The molecule has 0 saturated carbocycles. The van der Waals surface area contributed by atoms with E-state index < -0.39 is 0 Å². The number of fused-ring (bicyclic) bond motifs is 1. The van der Waals surface area contributed by atoms with Gasteiger partial charge in [-0.25, -0.2) is 4.99 Å². The van der Waals surface area contributed by atoms with E-state index in [4.69, 9.17) is 21.3 Å². The molecule has 1 amide bonds. The van der Waals surface area contributed by atoms with Crippen LogP contribution in [0.2, 0.25) is 5.02 Å². The van der Waals surface area contributed by atoms with E-state index >= 15 is 0 Å². The summed E-state index contributed by atoms with van der Waals surface area (Å²) in [5.41, 5.74) is 2.52. The third-order valence-electron chi connectivity index (χ3n) is 5.08. The second-order valence-corrected chi connectivity index (χ2v) is 9.52. The van der Waals surface area contributed by atoms with Gasteiger partial charge in [0.25, 0.3) is 5.91 Å². The maximum absolute atomic E-state index is 13.6. The monoisotopic (exact) mass is 479 g/mol. The summed E-state index contributed by atoms with van der Waals surface area (Å²) in [5, 5.41) is 2.13. The average Bonchev–Trinajstić information content (AvgIpc) is 3.31. The molecule has 0 aromatic heterocycles. The minimum Gasteiger partial charge on any atom is -0.497 e. The maximum Gasteiger partial charge on any atom is 0.274 e. The number of thioether (sulfide) groups is 2. The highest BCUT2D eigenvalue weighted by molar-refractivity contribution is 8.20. The Morgan fingerprint density at radius 3 is 2.44 bits per heavy atom. The minimum atomic E-state index is -0.0944. The van der Waals surface area contributed by atoms with Gasteiger partial charge in [-0.05, 0) is 60.3 Å². The molecule has 0 radical (unpaired) electrons. The molecular formula is C24H18ClN3O2S2. The molecule has 5 nitrogen and oxygen atoms in total. The van der Waals surface area contributed by atoms with E-state index in [1.54, 1.807) is 35.9 Å². The van der Waals surface area contributed by atoms with Crippen molar-refractivity contribution < 1.29 is 9.53 Å². The molecule has 160 valence electrons. The number of hydrogen-bond donors (Lipinski definition) is 0. The molecule has 2 heterocycles. The Kier molecular flexibility index (Phi) is 5.63. The molecular weight excluding hydrogens is 462 g/mol. The van der Waals surface area contributed by atoms with Gasteiger partial charge in [0.1, 0.15) is 10.7 Å². The fourth-order valence-electron chi connectivity index (χ4n) is 3.46. The van der Waals surface area contributed by atoms with Crippen molar-refractivity contribution in [3.8, 4) is 5.75 Å². The summed E-state index contributed by atoms with van der Waals surface area (Å²) in [4.78, 5) is 23.9. The number of carbonyl (C=O) groups is 1. The number of amides is 1. The van der Waals surface area contributed by atoms with E-state index in [0.717, 1.165) is 32.7 Å². The number of aliphatic imine (C=N–C) groups is 1. The van der Waals surface area contributed by atoms with Gasteiger partial charge in [-0.3, -0.25) is 9.69 Å². The zero-order chi connectivity index (χ0) is 22.2. The van der Waals surface area contributed by atoms with E-state index in [-0.39, 0.29) is 5.91 Å². The van der Waals surface area contributed by atoms with Crippen molar-refractivity contribution in [3.63, 3.8) is 0 Å². The van der Waals surface area contributed by atoms with Crippen LogP contribution in [0.3, 0.4) is 0 Å². The highest BCUT2D eigenvalue weighted by atomic mass is 35.5. The lowest BCUT2D eigenvalue weighted by atomic mass is 10.2. The van der Waals surface area contributed by atoms with Crippen LogP contribution in [0.5, 0.6) is 5.75 Å². The van der Waals surface area contributed by atoms with Crippen molar-refractivity contribution in [2.24, 2.45) is 4.99 Å². The first-order chi connectivity index (χ1) is 15.5. The molecule has 0 atom stereocenters. The van der Waals surface area contributed by atoms with Crippen LogP contribution in [-0.4, -0.2) is 25.2 Å². The summed E-state index contributed by atoms with van der Waals surface area (Å²) in [7, 11) is 3.62. The Balaban J connectivity index is 1.59. The van der Waals surface area contributed by atoms with Crippen molar-refractivity contribution >= 4 is 63.3 Å². The molecule has 5 rings (SSSR count). The third-order valence-corrected chi connectivity index (χ3v) is 7.73. The molecule has 1 saturated heterocycles. The van der Waals surface area contributed by atoms with Crippen LogP contribution in [0.15, 0.2) is 92.6 Å².